The summed E-state index contributed by atoms with van der Waals surface area (Å²) in [5, 5.41) is 3.69. The number of fused-ring (bicyclic) bond motifs is 3. The maximum absolute atomic E-state index is 4.56. The molecule has 1 saturated heterocycles. The van der Waals surface area contributed by atoms with Crippen LogP contribution < -0.4 is 10.2 Å². The van der Waals surface area contributed by atoms with Gasteiger partial charge in [0.25, 0.3) is 0 Å². The second kappa shape index (κ2) is 4.97. The fourth-order valence-corrected chi connectivity index (χ4v) is 4.02. The smallest absolute Gasteiger partial charge is 0.114 e. The van der Waals surface area contributed by atoms with E-state index in [-0.39, 0.29) is 0 Å². The number of nitrogens with one attached hydrogen (secondary N) is 1. The Kier molecular flexibility index (Phi) is 3.24. The van der Waals surface area contributed by atoms with E-state index in [0.29, 0.717) is 12.1 Å². The maximum Gasteiger partial charge on any atom is 0.114 e. The number of hydrogen-bond acceptors (Lipinski definition) is 3. The van der Waals surface area contributed by atoms with Crippen LogP contribution in [-0.2, 0) is 0 Å². The second-order valence-corrected chi connectivity index (χ2v) is 7.29. The van der Waals surface area contributed by atoms with E-state index in [1.165, 1.54) is 29.8 Å². The first-order valence-electron chi connectivity index (χ1n) is 6.94. The molecule has 2 bridgehead atoms. The van der Waals surface area contributed by atoms with Crippen molar-refractivity contribution >= 4 is 43.8 Å². The topological polar surface area (TPSA) is 27.6 Å². The fraction of sp³-hybridized carbons (Fsp3) is 0.400. The van der Waals surface area contributed by atoms with Crippen molar-refractivity contribution < 1.29 is 0 Å². The number of halogens is 2. The van der Waals surface area contributed by atoms with Crippen LogP contribution in [0.2, 0.25) is 0 Å². The van der Waals surface area contributed by atoms with Crippen molar-refractivity contribution in [1.82, 2.24) is 5.32 Å². The SMILES string of the molecule is Brc1ccc(N2CN=CC3=C2C[C@@H]2CC[C@H]3N2)cc1Br. The van der Waals surface area contributed by atoms with Gasteiger partial charge in [-0.25, -0.2) is 0 Å². The Morgan fingerprint density at radius 2 is 2.10 bits per heavy atom. The molecule has 0 aromatic heterocycles. The largest absolute Gasteiger partial charge is 0.325 e. The average Bonchev–Trinajstić information content (AvgIpc) is 2.84. The number of aliphatic imine (C=N–C) groups is 1. The number of benzene rings is 1. The van der Waals surface area contributed by atoms with Crippen molar-refractivity contribution in [2.24, 2.45) is 4.99 Å². The molecule has 1 aromatic rings. The predicted molar refractivity (Wildman–Crippen MR) is 89.3 cm³/mol. The van der Waals surface area contributed by atoms with Crippen LogP contribution >= 0.6 is 31.9 Å². The van der Waals surface area contributed by atoms with Crippen molar-refractivity contribution in [3.05, 3.63) is 38.4 Å². The Morgan fingerprint density at radius 1 is 1.20 bits per heavy atom. The van der Waals surface area contributed by atoms with Crippen molar-refractivity contribution in [1.29, 1.82) is 0 Å². The van der Waals surface area contributed by atoms with E-state index < -0.39 is 0 Å². The van der Waals surface area contributed by atoms with Gasteiger partial charge >= 0.3 is 0 Å². The van der Waals surface area contributed by atoms with E-state index in [1.54, 1.807) is 0 Å². The number of anilines is 1. The quantitative estimate of drug-likeness (QED) is 0.780. The minimum absolute atomic E-state index is 0.509. The summed E-state index contributed by atoms with van der Waals surface area (Å²) in [6, 6.07) is 7.57. The third-order valence-corrected chi connectivity index (χ3v) is 6.26. The van der Waals surface area contributed by atoms with Gasteiger partial charge in [0.1, 0.15) is 6.67 Å². The monoisotopic (exact) mass is 395 g/mol. The Labute approximate surface area is 135 Å². The highest BCUT2D eigenvalue weighted by Gasteiger charge is 2.36. The van der Waals surface area contributed by atoms with Crippen LogP contribution in [0.15, 0.2) is 43.4 Å². The summed E-state index contributed by atoms with van der Waals surface area (Å²) in [7, 11) is 0. The molecule has 4 rings (SSSR count). The Bertz CT molecular complexity index is 624. The summed E-state index contributed by atoms with van der Waals surface area (Å²) in [5.74, 6) is 0. The van der Waals surface area contributed by atoms with Gasteiger partial charge in [0.2, 0.25) is 0 Å². The normalized spacial score (nSPS) is 28.0. The molecule has 20 heavy (non-hydrogen) atoms. The molecule has 0 aliphatic carbocycles. The molecule has 0 unspecified atom stereocenters. The minimum Gasteiger partial charge on any atom is -0.325 e. The average molecular weight is 397 g/mol. The Morgan fingerprint density at radius 3 is 2.95 bits per heavy atom. The third kappa shape index (κ3) is 2.07. The molecule has 0 saturated carbocycles. The summed E-state index contributed by atoms with van der Waals surface area (Å²) in [4.78, 5) is 6.92. The molecule has 0 radical (unpaired) electrons. The van der Waals surface area contributed by atoms with E-state index in [9.17, 15) is 0 Å². The molecule has 1 N–H and O–H groups in total. The number of rotatable bonds is 1. The predicted octanol–water partition coefficient (Wildman–Crippen LogP) is 3.84. The molecule has 3 heterocycles. The van der Waals surface area contributed by atoms with Gasteiger partial charge in [-0.05, 0) is 62.9 Å². The van der Waals surface area contributed by atoms with Crippen LogP contribution in [-0.4, -0.2) is 25.0 Å². The second-order valence-electron chi connectivity index (χ2n) is 5.58. The van der Waals surface area contributed by atoms with Gasteiger partial charge in [-0.1, -0.05) is 0 Å². The third-order valence-electron chi connectivity index (χ3n) is 4.38. The summed E-state index contributed by atoms with van der Waals surface area (Å²) in [6.07, 6.45) is 5.72. The number of hydrogen-bond donors (Lipinski definition) is 1. The van der Waals surface area contributed by atoms with Crippen LogP contribution in [0.4, 0.5) is 5.69 Å². The highest BCUT2D eigenvalue weighted by molar-refractivity contribution is 9.13. The fourth-order valence-electron chi connectivity index (χ4n) is 3.40. The van der Waals surface area contributed by atoms with Gasteiger partial charge in [0.15, 0.2) is 0 Å². The molecule has 104 valence electrons. The molecule has 0 amide bonds. The van der Waals surface area contributed by atoms with E-state index in [4.69, 9.17) is 0 Å². The van der Waals surface area contributed by atoms with Crippen LogP contribution in [0.5, 0.6) is 0 Å². The lowest BCUT2D eigenvalue weighted by molar-refractivity contribution is 0.527. The summed E-state index contributed by atoms with van der Waals surface area (Å²) < 4.78 is 2.17. The molecule has 1 fully saturated rings. The Balaban J connectivity index is 1.75. The highest BCUT2D eigenvalue weighted by Crippen LogP contribution is 2.37. The van der Waals surface area contributed by atoms with E-state index >= 15 is 0 Å². The lowest BCUT2D eigenvalue weighted by atomic mass is 9.99. The van der Waals surface area contributed by atoms with Crippen molar-refractivity contribution in [2.75, 3.05) is 11.6 Å². The van der Waals surface area contributed by atoms with Crippen LogP contribution in [0.1, 0.15) is 19.3 Å². The van der Waals surface area contributed by atoms with Crippen LogP contribution in [0, 0.1) is 0 Å². The van der Waals surface area contributed by atoms with Crippen LogP contribution in [0.3, 0.4) is 0 Å². The molecule has 1 aromatic carbocycles. The van der Waals surface area contributed by atoms with Crippen LogP contribution in [0.25, 0.3) is 0 Å². The minimum atomic E-state index is 0.509. The van der Waals surface area contributed by atoms with E-state index in [0.717, 1.165) is 22.0 Å². The van der Waals surface area contributed by atoms with Crippen molar-refractivity contribution in [2.45, 2.75) is 31.3 Å². The summed E-state index contributed by atoms with van der Waals surface area (Å²) in [5.41, 5.74) is 4.07. The molecular formula is C15H15Br2N3. The van der Waals surface area contributed by atoms with E-state index in [1.807, 2.05) is 0 Å². The zero-order valence-corrected chi connectivity index (χ0v) is 14.1. The zero-order valence-electron chi connectivity index (χ0n) is 10.9. The first-order chi connectivity index (χ1) is 9.72. The molecule has 3 aliphatic rings. The molecule has 5 heteroatoms. The molecule has 0 spiro atoms. The highest BCUT2D eigenvalue weighted by atomic mass is 79.9. The van der Waals surface area contributed by atoms with E-state index in [2.05, 4.69) is 71.5 Å². The lowest BCUT2D eigenvalue weighted by Gasteiger charge is -2.36. The van der Waals surface area contributed by atoms with Gasteiger partial charge in [0.05, 0.1) is 0 Å². The molecule has 3 nitrogen and oxygen atoms in total. The lowest BCUT2D eigenvalue weighted by Crippen LogP contribution is -2.43. The molecular weight excluding hydrogens is 382 g/mol. The molecule has 2 atom stereocenters. The first kappa shape index (κ1) is 13.0. The van der Waals surface area contributed by atoms with Gasteiger partial charge in [-0.2, -0.15) is 0 Å². The maximum atomic E-state index is 4.56. The van der Waals surface area contributed by atoms with Gasteiger partial charge in [0, 0.05) is 50.6 Å². The first-order valence-corrected chi connectivity index (χ1v) is 8.52. The van der Waals surface area contributed by atoms with Gasteiger partial charge in [-0.15, -0.1) is 0 Å². The van der Waals surface area contributed by atoms with Gasteiger partial charge < -0.3 is 10.2 Å². The standard InChI is InChI=1S/C15H15Br2N3/c16-12-3-2-10(6-13(12)17)20-8-18-7-11-14-4-1-9(19-14)5-15(11)20/h2-3,6-7,9,14,19H,1,4-5,8H2/t9-,14+/m0/s1. The van der Waals surface area contributed by atoms with Crippen molar-refractivity contribution in [3.63, 3.8) is 0 Å². The summed E-state index contributed by atoms with van der Waals surface area (Å²) in [6.45, 7) is 0.729. The summed E-state index contributed by atoms with van der Waals surface area (Å²) >= 11 is 7.13. The number of nitrogens with zero attached hydrogens (tertiary/aromatic N) is 2. The van der Waals surface area contributed by atoms with Crippen molar-refractivity contribution in [3.8, 4) is 0 Å². The van der Waals surface area contributed by atoms with Gasteiger partial charge in [-0.3, -0.25) is 4.99 Å². The molecule has 3 aliphatic heterocycles. The zero-order chi connectivity index (χ0) is 13.7. The Hall–Kier alpha value is -0.650.